The molecule has 5 heteroatoms. The van der Waals surface area contributed by atoms with E-state index < -0.39 is 0 Å². The van der Waals surface area contributed by atoms with Crippen molar-refractivity contribution in [2.75, 3.05) is 12.4 Å². The number of rotatable bonds is 5. The molecule has 1 N–H and O–H groups in total. The van der Waals surface area contributed by atoms with Gasteiger partial charge in [-0.25, -0.2) is 9.97 Å². The fraction of sp³-hybridized carbons (Fsp3) is 0.500. The third-order valence-corrected chi connectivity index (χ3v) is 3.09. The van der Waals surface area contributed by atoms with Gasteiger partial charge in [-0.1, -0.05) is 13.8 Å². The Hall–Kier alpha value is -1.91. The molecule has 0 unspecified atom stereocenters. The molecule has 2 aromatic rings. The number of aromatic nitrogens is 4. The Bertz CT molecular complexity index is 559. The van der Waals surface area contributed by atoms with Gasteiger partial charge >= 0.3 is 0 Å². The molecule has 0 bridgehead atoms. The maximum absolute atomic E-state index is 4.60. The van der Waals surface area contributed by atoms with E-state index in [1.54, 1.807) is 0 Å². The van der Waals surface area contributed by atoms with Crippen molar-refractivity contribution in [3.8, 4) is 0 Å². The quantitative estimate of drug-likeness (QED) is 0.894. The normalized spacial score (nSPS) is 10.7. The Labute approximate surface area is 114 Å². The molecule has 0 atom stereocenters. The highest BCUT2D eigenvalue weighted by Gasteiger charge is 2.08. The first-order valence-corrected chi connectivity index (χ1v) is 6.74. The van der Waals surface area contributed by atoms with Crippen molar-refractivity contribution in [2.24, 2.45) is 0 Å². The smallest absolute Gasteiger partial charge is 0.152 e. The molecule has 0 saturated carbocycles. The molecule has 0 aromatic carbocycles. The predicted octanol–water partition coefficient (Wildman–Crippen LogP) is 2.20. The third-order valence-electron chi connectivity index (χ3n) is 3.09. The first kappa shape index (κ1) is 13.5. The Kier molecular flexibility index (Phi) is 4.14. The summed E-state index contributed by atoms with van der Waals surface area (Å²) in [6.45, 7) is 6.87. The van der Waals surface area contributed by atoms with Gasteiger partial charge in [0, 0.05) is 24.5 Å². The van der Waals surface area contributed by atoms with Crippen molar-refractivity contribution in [3.05, 3.63) is 35.0 Å². The molecule has 5 nitrogen and oxygen atoms in total. The number of nitrogens with zero attached hydrogens (tertiary/aromatic N) is 4. The predicted molar refractivity (Wildman–Crippen MR) is 76.4 cm³/mol. The van der Waals surface area contributed by atoms with E-state index in [0.29, 0.717) is 6.54 Å². The van der Waals surface area contributed by atoms with Gasteiger partial charge in [0.1, 0.15) is 12.4 Å². The van der Waals surface area contributed by atoms with E-state index in [9.17, 15) is 0 Å². The van der Waals surface area contributed by atoms with Crippen LogP contribution in [0.25, 0.3) is 0 Å². The van der Waals surface area contributed by atoms with Gasteiger partial charge in [-0.3, -0.25) is 4.68 Å². The second-order valence-electron chi connectivity index (χ2n) is 4.55. The zero-order valence-electron chi connectivity index (χ0n) is 12.1. The first-order valence-electron chi connectivity index (χ1n) is 6.74. The summed E-state index contributed by atoms with van der Waals surface area (Å²) in [5.41, 5.74) is 3.32. The minimum absolute atomic E-state index is 0.625. The lowest BCUT2D eigenvalue weighted by Crippen LogP contribution is -2.10. The van der Waals surface area contributed by atoms with Gasteiger partial charge < -0.3 is 5.32 Å². The molecule has 19 heavy (non-hydrogen) atoms. The number of anilines is 1. The second-order valence-corrected chi connectivity index (χ2v) is 4.55. The van der Waals surface area contributed by atoms with Gasteiger partial charge in [0.05, 0.1) is 5.69 Å². The average Bonchev–Trinajstić information content (AvgIpc) is 2.80. The SMILES string of the molecule is CCc1cc(CC)n(Cc2nc(C)cc(NC)n2)n1. The Morgan fingerprint density at radius 3 is 2.58 bits per heavy atom. The van der Waals surface area contributed by atoms with E-state index in [0.717, 1.165) is 35.9 Å². The lowest BCUT2D eigenvalue weighted by atomic mass is 10.2. The van der Waals surface area contributed by atoms with Gasteiger partial charge in [-0.05, 0) is 25.8 Å². The molecule has 0 spiro atoms. The van der Waals surface area contributed by atoms with Crippen LogP contribution in [0.2, 0.25) is 0 Å². The Balaban J connectivity index is 2.29. The Morgan fingerprint density at radius 1 is 1.16 bits per heavy atom. The summed E-state index contributed by atoms with van der Waals surface area (Å²) in [7, 11) is 1.87. The summed E-state index contributed by atoms with van der Waals surface area (Å²) in [6, 6.07) is 4.10. The summed E-state index contributed by atoms with van der Waals surface area (Å²) in [4.78, 5) is 8.95. The van der Waals surface area contributed by atoms with Gasteiger partial charge in [-0.2, -0.15) is 5.10 Å². The van der Waals surface area contributed by atoms with Crippen LogP contribution in [0.15, 0.2) is 12.1 Å². The van der Waals surface area contributed by atoms with Crippen LogP contribution >= 0.6 is 0 Å². The largest absolute Gasteiger partial charge is 0.373 e. The fourth-order valence-corrected chi connectivity index (χ4v) is 2.07. The van der Waals surface area contributed by atoms with Crippen LogP contribution in [0, 0.1) is 6.92 Å². The Morgan fingerprint density at radius 2 is 1.95 bits per heavy atom. The highest BCUT2D eigenvalue weighted by Crippen LogP contribution is 2.10. The van der Waals surface area contributed by atoms with E-state index in [-0.39, 0.29) is 0 Å². The zero-order valence-corrected chi connectivity index (χ0v) is 12.1. The van der Waals surface area contributed by atoms with E-state index >= 15 is 0 Å². The number of hydrogen-bond donors (Lipinski definition) is 1. The van der Waals surface area contributed by atoms with Crippen LogP contribution in [-0.2, 0) is 19.4 Å². The highest BCUT2D eigenvalue weighted by atomic mass is 15.3. The van der Waals surface area contributed by atoms with Gasteiger partial charge in [0.2, 0.25) is 0 Å². The minimum atomic E-state index is 0.625. The van der Waals surface area contributed by atoms with E-state index in [2.05, 4.69) is 40.3 Å². The highest BCUT2D eigenvalue weighted by molar-refractivity contribution is 5.34. The van der Waals surface area contributed by atoms with Crippen LogP contribution in [0.3, 0.4) is 0 Å². The van der Waals surface area contributed by atoms with E-state index in [4.69, 9.17) is 0 Å². The molecule has 2 heterocycles. The van der Waals surface area contributed by atoms with Crippen LogP contribution in [-0.4, -0.2) is 26.8 Å². The lowest BCUT2D eigenvalue weighted by molar-refractivity contribution is 0.615. The van der Waals surface area contributed by atoms with Crippen molar-refractivity contribution >= 4 is 5.82 Å². The van der Waals surface area contributed by atoms with Crippen molar-refractivity contribution < 1.29 is 0 Å². The summed E-state index contributed by atoms with van der Waals surface area (Å²) in [6.07, 6.45) is 1.92. The molecule has 0 aliphatic heterocycles. The number of nitrogens with one attached hydrogen (secondary N) is 1. The van der Waals surface area contributed by atoms with Crippen LogP contribution < -0.4 is 5.32 Å². The minimum Gasteiger partial charge on any atom is -0.373 e. The average molecular weight is 259 g/mol. The van der Waals surface area contributed by atoms with Crippen LogP contribution in [0.1, 0.15) is 36.8 Å². The van der Waals surface area contributed by atoms with E-state index in [1.165, 1.54) is 5.69 Å². The van der Waals surface area contributed by atoms with Gasteiger partial charge in [0.15, 0.2) is 5.82 Å². The zero-order chi connectivity index (χ0) is 13.8. The van der Waals surface area contributed by atoms with Crippen molar-refractivity contribution in [1.82, 2.24) is 19.7 Å². The first-order chi connectivity index (χ1) is 9.16. The molecule has 0 saturated heterocycles. The maximum atomic E-state index is 4.60. The molecule has 0 radical (unpaired) electrons. The van der Waals surface area contributed by atoms with Crippen molar-refractivity contribution in [2.45, 2.75) is 40.2 Å². The molecule has 0 fully saturated rings. The van der Waals surface area contributed by atoms with Gasteiger partial charge in [0.25, 0.3) is 0 Å². The molecule has 0 aliphatic rings. The fourth-order valence-electron chi connectivity index (χ4n) is 2.07. The maximum Gasteiger partial charge on any atom is 0.152 e. The number of aryl methyl sites for hydroxylation is 3. The third kappa shape index (κ3) is 3.10. The summed E-state index contributed by atoms with van der Waals surface area (Å²) >= 11 is 0. The molecular weight excluding hydrogens is 238 g/mol. The molecule has 2 aromatic heterocycles. The lowest BCUT2D eigenvalue weighted by Gasteiger charge is -2.07. The summed E-state index contributed by atoms with van der Waals surface area (Å²) in [5.74, 6) is 1.65. The molecule has 2 rings (SSSR count). The topological polar surface area (TPSA) is 55.6 Å². The van der Waals surface area contributed by atoms with Crippen molar-refractivity contribution in [3.63, 3.8) is 0 Å². The number of hydrogen-bond acceptors (Lipinski definition) is 4. The van der Waals surface area contributed by atoms with Crippen LogP contribution in [0.5, 0.6) is 0 Å². The standard InChI is InChI=1S/C14H21N5/c1-5-11-8-12(6-2)19(18-11)9-14-16-10(3)7-13(15-4)17-14/h7-8H,5-6,9H2,1-4H3,(H,15,16,17). The molecular formula is C14H21N5. The second kappa shape index (κ2) is 5.82. The monoisotopic (exact) mass is 259 g/mol. The van der Waals surface area contributed by atoms with Crippen molar-refractivity contribution in [1.29, 1.82) is 0 Å². The summed E-state index contributed by atoms with van der Waals surface area (Å²) in [5, 5.41) is 7.65. The van der Waals surface area contributed by atoms with E-state index in [1.807, 2.05) is 24.7 Å². The van der Waals surface area contributed by atoms with Crippen LogP contribution in [0.4, 0.5) is 5.82 Å². The van der Waals surface area contributed by atoms with Gasteiger partial charge in [-0.15, -0.1) is 0 Å². The molecule has 102 valence electrons. The summed E-state index contributed by atoms with van der Waals surface area (Å²) < 4.78 is 2.01. The molecule has 0 amide bonds. The molecule has 0 aliphatic carbocycles.